The zero-order chi connectivity index (χ0) is 15.5. The maximum atomic E-state index is 5.25. The first-order valence-corrected chi connectivity index (χ1v) is 7.79. The maximum Gasteiger partial charge on any atom is 0.186 e. The molecule has 0 spiro atoms. The number of hydrazone groups is 1. The topological polar surface area (TPSA) is 45.6 Å². The van der Waals surface area contributed by atoms with Crippen molar-refractivity contribution in [3.63, 3.8) is 0 Å². The molecule has 1 rings (SSSR count). The summed E-state index contributed by atoms with van der Waals surface area (Å²) >= 11 is 5.13. The molecule has 0 aliphatic heterocycles. The molecule has 0 aliphatic rings. The highest BCUT2D eigenvalue weighted by Gasteiger charge is 1.97. The van der Waals surface area contributed by atoms with Gasteiger partial charge in [-0.2, -0.15) is 5.10 Å². The summed E-state index contributed by atoms with van der Waals surface area (Å²) in [6.45, 7) is 8.63. The summed E-state index contributed by atoms with van der Waals surface area (Å²) in [6.07, 6.45) is 2.69. The van der Waals surface area contributed by atoms with Gasteiger partial charge < -0.3 is 10.1 Å². The van der Waals surface area contributed by atoms with Crippen molar-refractivity contribution in [3.8, 4) is 0 Å². The smallest absolute Gasteiger partial charge is 0.186 e. The lowest BCUT2D eigenvalue weighted by Gasteiger charge is -2.07. The molecule has 0 atom stereocenters. The minimum absolute atomic E-state index is 0.529. The van der Waals surface area contributed by atoms with E-state index in [0.717, 1.165) is 31.7 Å². The molecule has 1 aromatic rings. The number of hydrogen-bond donors (Lipinski definition) is 2. The fourth-order valence-corrected chi connectivity index (χ4v) is 1.85. The fourth-order valence-electron chi connectivity index (χ4n) is 1.69. The molecule has 2 N–H and O–H groups in total. The van der Waals surface area contributed by atoms with Crippen molar-refractivity contribution in [2.24, 2.45) is 5.10 Å². The second-order valence-electron chi connectivity index (χ2n) is 5.00. The van der Waals surface area contributed by atoms with Crippen LogP contribution >= 0.6 is 12.2 Å². The minimum atomic E-state index is 0.529. The molecule has 0 unspecified atom stereocenters. The van der Waals surface area contributed by atoms with Crippen LogP contribution in [0.15, 0.2) is 29.4 Å². The second kappa shape index (κ2) is 10.3. The van der Waals surface area contributed by atoms with E-state index in [1.54, 1.807) is 6.21 Å². The van der Waals surface area contributed by atoms with Gasteiger partial charge in [0.15, 0.2) is 5.11 Å². The summed E-state index contributed by atoms with van der Waals surface area (Å²) in [5.41, 5.74) is 5.18. The van der Waals surface area contributed by atoms with E-state index in [4.69, 9.17) is 17.0 Å². The first kappa shape index (κ1) is 17.6. The van der Waals surface area contributed by atoms with Gasteiger partial charge in [0.05, 0.1) is 6.21 Å². The van der Waals surface area contributed by atoms with Crippen LogP contribution in [0.25, 0.3) is 0 Å². The number of rotatable bonds is 8. The Morgan fingerprint density at radius 3 is 2.67 bits per heavy atom. The lowest BCUT2D eigenvalue weighted by atomic mass is 10.0. The number of benzene rings is 1. The van der Waals surface area contributed by atoms with Crippen LogP contribution in [0, 0.1) is 0 Å². The van der Waals surface area contributed by atoms with Crippen molar-refractivity contribution < 1.29 is 4.74 Å². The van der Waals surface area contributed by atoms with Crippen molar-refractivity contribution >= 4 is 23.5 Å². The molecule has 0 aliphatic carbocycles. The first-order valence-electron chi connectivity index (χ1n) is 7.38. The highest BCUT2D eigenvalue weighted by molar-refractivity contribution is 7.80. The Kier molecular flexibility index (Phi) is 8.62. The molecule has 0 fully saturated rings. The maximum absolute atomic E-state index is 5.25. The fraction of sp³-hybridized carbons (Fsp3) is 0.500. The zero-order valence-electron chi connectivity index (χ0n) is 13.1. The van der Waals surface area contributed by atoms with Crippen molar-refractivity contribution in [1.29, 1.82) is 0 Å². The SMILES string of the molecule is CCOCCCNC(=S)N/N=C\c1ccc(C(C)C)cc1. The van der Waals surface area contributed by atoms with Crippen LogP contribution in [0.5, 0.6) is 0 Å². The van der Waals surface area contributed by atoms with Crippen LogP contribution in [0.2, 0.25) is 0 Å². The summed E-state index contributed by atoms with van der Waals surface area (Å²) in [5.74, 6) is 0.544. The molecule has 0 radical (unpaired) electrons. The van der Waals surface area contributed by atoms with Gasteiger partial charge in [0.1, 0.15) is 0 Å². The Balaban J connectivity index is 2.25. The van der Waals surface area contributed by atoms with Gasteiger partial charge in [0.2, 0.25) is 0 Å². The highest BCUT2D eigenvalue weighted by atomic mass is 32.1. The van der Waals surface area contributed by atoms with E-state index in [9.17, 15) is 0 Å². The predicted molar refractivity (Wildman–Crippen MR) is 93.0 cm³/mol. The van der Waals surface area contributed by atoms with Crippen molar-refractivity contribution in [1.82, 2.24) is 10.7 Å². The molecule has 0 aromatic heterocycles. The Hall–Kier alpha value is -1.46. The second-order valence-corrected chi connectivity index (χ2v) is 5.41. The largest absolute Gasteiger partial charge is 0.382 e. The molecular weight excluding hydrogens is 282 g/mol. The molecular formula is C16H25N3OS. The van der Waals surface area contributed by atoms with Crippen LogP contribution < -0.4 is 10.7 Å². The van der Waals surface area contributed by atoms with E-state index >= 15 is 0 Å². The Morgan fingerprint density at radius 1 is 1.33 bits per heavy atom. The lowest BCUT2D eigenvalue weighted by molar-refractivity contribution is 0.145. The van der Waals surface area contributed by atoms with Crippen molar-refractivity contribution in [2.75, 3.05) is 19.8 Å². The van der Waals surface area contributed by atoms with E-state index in [0.29, 0.717) is 11.0 Å². The molecule has 21 heavy (non-hydrogen) atoms. The van der Waals surface area contributed by atoms with E-state index in [1.165, 1.54) is 5.56 Å². The van der Waals surface area contributed by atoms with Crippen LogP contribution in [-0.2, 0) is 4.74 Å². The molecule has 0 amide bonds. The number of thiocarbonyl (C=S) groups is 1. The Bertz CT molecular complexity index is 443. The molecule has 0 saturated carbocycles. The monoisotopic (exact) mass is 307 g/mol. The lowest BCUT2D eigenvalue weighted by Crippen LogP contribution is -2.33. The summed E-state index contributed by atoms with van der Waals surface area (Å²) in [7, 11) is 0. The molecule has 0 heterocycles. The zero-order valence-corrected chi connectivity index (χ0v) is 13.9. The van der Waals surface area contributed by atoms with Gasteiger partial charge in [0, 0.05) is 19.8 Å². The third kappa shape index (κ3) is 7.78. The average molecular weight is 307 g/mol. The van der Waals surface area contributed by atoms with Gasteiger partial charge in [0.25, 0.3) is 0 Å². The minimum Gasteiger partial charge on any atom is -0.382 e. The molecule has 116 valence electrons. The van der Waals surface area contributed by atoms with Gasteiger partial charge >= 0.3 is 0 Å². The third-order valence-electron chi connectivity index (χ3n) is 2.94. The van der Waals surface area contributed by atoms with E-state index in [1.807, 2.05) is 6.92 Å². The van der Waals surface area contributed by atoms with E-state index < -0.39 is 0 Å². The van der Waals surface area contributed by atoms with Crippen LogP contribution in [0.4, 0.5) is 0 Å². The number of hydrogen-bond acceptors (Lipinski definition) is 3. The highest BCUT2D eigenvalue weighted by Crippen LogP contribution is 2.13. The number of ether oxygens (including phenoxy) is 1. The van der Waals surface area contributed by atoms with Gasteiger partial charge in [-0.05, 0) is 42.6 Å². The number of nitrogens with one attached hydrogen (secondary N) is 2. The molecule has 0 saturated heterocycles. The van der Waals surface area contributed by atoms with Crippen molar-refractivity contribution in [3.05, 3.63) is 35.4 Å². The van der Waals surface area contributed by atoms with Gasteiger partial charge in [-0.1, -0.05) is 38.1 Å². The normalized spacial score (nSPS) is 11.0. The van der Waals surface area contributed by atoms with Gasteiger partial charge in [-0.25, -0.2) is 0 Å². The summed E-state index contributed by atoms with van der Waals surface area (Å²) in [4.78, 5) is 0. The molecule has 1 aromatic carbocycles. The van der Waals surface area contributed by atoms with Crippen molar-refractivity contribution in [2.45, 2.75) is 33.1 Å². The predicted octanol–water partition coefficient (Wildman–Crippen LogP) is 3.03. The van der Waals surface area contributed by atoms with E-state index in [2.05, 4.69) is 54.0 Å². The molecule has 0 bridgehead atoms. The molecule has 4 nitrogen and oxygen atoms in total. The quantitative estimate of drug-likeness (QED) is 0.335. The number of nitrogens with zero attached hydrogens (tertiary/aromatic N) is 1. The third-order valence-corrected chi connectivity index (χ3v) is 3.17. The average Bonchev–Trinajstić information content (AvgIpc) is 2.47. The molecule has 5 heteroatoms. The van der Waals surface area contributed by atoms with Gasteiger partial charge in [-0.3, -0.25) is 5.43 Å². The summed E-state index contributed by atoms with van der Waals surface area (Å²) < 4.78 is 5.25. The van der Waals surface area contributed by atoms with Gasteiger partial charge in [-0.15, -0.1) is 0 Å². The summed E-state index contributed by atoms with van der Waals surface area (Å²) in [6, 6.07) is 8.35. The Morgan fingerprint density at radius 2 is 2.05 bits per heavy atom. The van der Waals surface area contributed by atoms with Crippen LogP contribution in [-0.4, -0.2) is 31.1 Å². The van der Waals surface area contributed by atoms with E-state index in [-0.39, 0.29) is 0 Å². The Labute approximate surface area is 133 Å². The standard InChI is InChI=1S/C16H25N3OS/c1-4-20-11-5-10-17-16(21)19-18-12-14-6-8-15(9-7-14)13(2)3/h6-9,12-13H,4-5,10-11H2,1-3H3,(H2,17,19,21)/b18-12-. The summed E-state index contributed by atoms with van der Waals surface area (Å²) in [5, 5.41) is 7.73. The van der Waals surface area contributed by atoms with Crippen LogP contribution in [0.3, 0.4) is 0 Å². The van der Waals surface area contributed by atoms with Crippen LogP contribution in [0.1, 0.15) is 44.2 Å². The first-order chi connectivity index (χ1) is 10.1.